The first kappa shape index (κ1) is 20.4. The summed E-state index contributed by atoms with van der Waals surface area (Å²) in [6.45, 7) is 2.78. The predicted molar refractivity (Wildman–Crippen MR) is 101 cm³/mol. The maximum absolute atomic E-state index is 13.4. The van der Waals surface area contributed by atoms with E-state index in [1.54, 1.807) is 19.1 Å². The van der Waals surface area contributed by atoms with Crippen molar-refractivity contribution >= 4 is 21.6 Å². The summed E-state index contributed by atoms with van der Waals surface area (Å²) in [7, 11) is -3.92. The van der Waals surface area contributed by atoms with Crippen LogP contribution in [-0.2, 0) is 14.8 Å². The molecule has 1 fully saturated rings. The molecule has 6 nitrogen and oxygen atoms in total. The smallest absolute Gasteiger partial charge is 0.243 e. The minimum absolute atomic E-state index is 0.157. The van der Waals surface area contributed by atoms with Gasteiger partial charge in [0.05, 0.1) is 10.9 Å². The molecule has 1 aliphatic rings. The van der Waals surface area contributed by atoms with E-state index in [0.29, 0.717) is 24.8 Å². The molecule has 1 aliphatic heterocycles. The Bertz CT molecular complexity index is 946. The number of nitrogens with zero attached hydrogens (tertiary/aromatic N) is 2. The molecule has 1 unspecified atom stereocenters. The normalized spacial score (nSPS) is 17.2. The van der Waals surface area contributed by atoms with Crippen molar-refractivity contribution < 1.29 is 22.0 Å². The quantitative estimate of drug-likeness (QED) is 0.823. The highest BCUT2D eigenvalue weighted by Gasteiger charge is 2.32. The predicted octanol–water partition coefficient (Wildman–Crippen LogP) is 2.30. The molecule has 0 aromatic heterocycles. The molecule has 150 valence electrons. The highest BCUT2D eigenvalue weighted by Crippen LogP contribution is 2.20. The van der Waals surface area contributed by atoms with Gasteiger partial charge in [-0.25, -0.2) is 17.2 Å². The van der Waals surface area contributed by atoms with Crippen LogP contribution in [0.2, 0.25) is 0 Å². The van der Waals surface area contributed by atoms with Crippen LogP contribution in [0, 0.1) is 11.6 Å². The molecule has 3 rings (SSSR count). The summed E-state index contributed by atoms with van der Waals surface area (Å²) < 4.78 is 53.0. The standard InChI is InChI=1S/C19H21F2N3O3S/c1-14(19(25)22-15-5-3-2-4-6-15)23-9-11-24(12-10-23)28(26,27)16-7-8-17(20)18(21)13-16/h2-8,13-14H,9-12H2,1H3,(H,22,25). The van der Waals surface area contributed by atoms with Crippen LogP contribution in [0.4, 0.5) is 14.5 Å². The van der Waals surface area contributed by atoms with Crippen LogP contribution in [0.15, 0.2) is 53.4 Å². The van der Waals surface area contributed by atoms with E-state index in [9.17, 15) is 22.0 Å². The van der Waals surface area contributed by atoms with E-state index >= 15 is 0 Å². The van der Waals surface area contributed by atoms with E-state index in [1.165, 1.54) is 4.31 Å². The Balaban J connectivity index is 1.61. The fourth-order valence-electron chi connectivity index (χ4n) is 3.05. The van der Waals surface area contributed by atoms with Gasteiger partial charge in [0.25, 0.3) is 0 Å². The Labute approximate surface area is 162 Å². The SMILES string of the molecule is CC(C(=O)Nc1ccccc1)N1CCN(S(=O)(=O)c2ccc(F)c(F)c2)CC1. The summed E-state index contributed by atoms with van der Waals surface area (Å²) in [5.74, 6) is -2.48. The van der Waals surface area contributed by atoms with E-state index < -0.39 is 27.7 Å². The van der Waals surface area contributed by atoms with Crippen LogP contribution in [0.5, 0.6) is 0 Å². The van der Waals surface area contributed by atoms with Gasteiger partial charge in [0.15, 0.2) is 11.6 Å². The molecule has 0 aliphatic carbocycles. The second kappa shape index (κ2) is 8.34. The summed E-state index contributed by atoms with van der Waals surface area (Å²) in [5.41, 5.74) is 0.693. The van der Waals surface area contributed by atoms with Crippen molar-refractivity contribution in [2.75, 3.05) is 31.5 Å². The van der Waals surface area contributed by atoms with Gasteiger partial charge in [0.1, 0.15) is 0 Å². The van der Waals surface area contributed by atoms with Crippen LogP contribution in [0.1, 0.15) is 6.92 Å². The molecule has 1 heterocycles. The number of nitrogens with one attached hydrogen (secondary N) is 1. The molecular formula is C19H21F2N3O3S. The Morgan fingerprint density at radius 3 is 2.25 bits per heavy atom. The molecule has 1 amide bonds. The number of piperazine rings is 1. The molecule has 1 N–H and O–H groups in total. The average Bonchev–Trinajstić information content (AvgIpc) is 2.70. The third-order valence-corrected chi connectivity index (χ3v) is 6.67. The fraction of sp³-hybridized carbons (Fsp3) is 0.316. The lowest BCUT2D eigenvalue weighted by atomic mass is 10.2. The fourth-order valence-corrected chi connectivity index (χ4v) is 4.49. The maximum atomic E-state index is 13.4. The topological polar surface area (TPSA) is 69.7 Å². The minimum Gasteiger partial charge on any atom is -0.325 e. The van der Waals surface area contributed by atoms with E-state index in [4.69, 9.17) is 0 Å². The highest BCUT2D eigenvalue weighted by atomic mass is 32.2. The molecule has 1 atom stereocenters. The number of hydrogen-bond acceptors (Lipinski definition) is 4. The summed E-state index contributed by atoms with van der Waals surface area (Å²) in [6.07, 6.45) is 0. The van der Waals surface area contributed by atoms with Gasteiger partial charge in [-0.05, 0) is 37.3 Å². The lowest BCUT2D eigenvalue weighted by Gasteiger charge is -2.36. The van der Waals surface area contributed by atoms with Crippen molar-refractivity contribution in [1.82, 2.24) is 9.21 Å². The molecule has 2 aromatic rings. The highest BCUT2D eigenvalue weighted by molar-refractivity contribution is 7.89. The molecule has 0 bridgehead atoms. The van der Waals surface area contributed by atoms with Crippen molar-refractivity contribution in [3.05, 3.63) is 60.2 Å². The number of sulfonamides is 1. The number of benzene rings is 2. The molecule has 28 heavy (non-hydrogen) atoms. The largest absolute Gasteiger partial charge is 0.325 e. The van der Waals surface area contributed by atoms with Gasteiger partial charge in [0.2, 0.25) is 15.9 Å². The van der Waals surface area contributed by atoms with Crippen molar-refractivity contribution in [2.45, 2.75) is 17.9 Å². The first-order valence-electron chi connectivity index (χ1n) is 8.84. The zero-order valence-electron chi connectivity index (χ0n) is 15.3. The summed E-state index contributed by atoms with van der Waals surface area (Å²) in [6, 6.07) is 11.2. The van der Waals surface area contributed by atoms with Gasteiger partial charge < -0.3 is 5.32 Å². The van der Waals surface area contributed by atoms with Gasteiger partial charge in [-0.2, -0.15) is 4.31 Å². The number of hydrogen-bond donors (Lipinski definition) is 1. The minimum atomic E-state index is -3.92. The Hall–Kier alpha value is -2.36. The summed E-state index contributed by atoms with van der Waals surface area (Å²) >= 11 is 0. The lowest BCUT2D eigenvalue weighted by Crippen LogP contribution is -2.53. The molecule has 0 saturated carbocycles. The van der Waals surface area contributed by atoms with Gasteiger partial charge in [-0.1, -0.05) is 18.2 Å². The molecule has 0 radical (unpaired) electrons. The number of anilines is 1. The monoisotopic (exact) mass is 409 g/mol. The molecule has 0 spiro atoms. The van der Waals surface area contributed by atoms with E-state index in [-0.39, 0.29) is 23.9 Å². The van der Waals surface area contributed by atoms with Gasteiger partial charge >= 0.3 is 0 Å². The third kappa shape index (κ3) is 4.37. The maximum Gasteiger partial charge on any atom is 0.243 e. The number of carbonyl (C=O) groups excluding carboxylic acids is 1. The van der Waals surface area contributed by atoms with Crippen molar-refractivity contribution in [1.29, 1.82) is 0 Å². The Kier molecular flexibility index (Phi) is 6.07. The number of carbonyl (C=O) groups is 1. The van der Waals surface area contributed by atoms with Crippen molar-refractivity contribution in [2.24, 2.45) is 0 Å². The number of halogens is 2. The van der Waals surface area contributed by atoms with Crippen LogP contribution in [-0.4, -0.2) is 55.8 Å². The van der Waals surface area contributed by atoms with E-state index in [2.05, 4.69) is 5.32 Å². The molecular weight excluding hydrogens is 388 g/mol. The van der Waals surface area contributed by atoms with Crippen LogP contribution in [0.3, 0.4) is 0 Å². The van der Waals surface area contributed by atoms with Crippen molar-refractivity contribution in [3.63, 3.8) is 0 Å². The first-order chi connectivity index (χ1) is 13.3. The second-order valence-corrected chi connectivity index (χ2v) is 8.49. The molecule has 1 saturated heterocycles. The van der Waals surface area contributed by atoms with E-state index in [1.807, 2.05) is 23.1 Å². The molecule has 9 heteroatoms. The van der Waals surface area contributed by atoms with Gasteiger partial charge in [0, 0.05) is 31.9 Å². The third-order valence-electron chi connectivity index (χ3n) is 4.77. The Morgan fingerprint density at radius 2 is 1.64 bits per heavy atom. The molecule has 2 aromatic carbocycles. The van der Waals surface area contributed by atoms with E-state index in [0.717, 1.165) is 12.1 Å². The van der Waals surface area contributed by atoms with Gasteiger partial charge in [-0.15, -0.1) is 0 Å². The number of para-hydroxylation sites is 1. The zero-order chi connectivity index (χ0) is 20.3. The average molecular weight is 409 g/mol. The van der Waals surface area contributed by atoms with Gasteiger partial charge in [-0.3, -0.25) is 9.69 Å². The first-order valence-corrected chi connectivity index (χ1v) is 10.3. The Morgan fingerprint density at radius 1 is 1.00 bits per heavy atom. The van der Waals surface area contributed by atoms with Crippen LogP contribution >= 0.6 is 0 Å². The second-order valence-electron chi connectivity index (χ2n) is 6.55. The van der Waals surface area contributed by atoms with Crippen LogP contribution < -0.4 is 5.32 Å². The van der Waals surface area contributed by atoms with Crippen molar-refractivity contribution in [3.8, 4) is 0 Å². The van der Waals surface area contributed by atoms with Crippen LogP contribution in [0.25, 0.3) is 0 Å². The summed E-state index contributed by atoms with van der Waals surface area (Å²) in [4.78, 5) is 14.0. The lowest BCUT2D eigenvalue weighted by molar-refractivity contribution is -0.121. The summed E-state index contributed by atoms with van der Waals surface area (Å²) in [5, 5.41) is 2.83. The number of amides is 1. The number of rotatable bonds is 5. The zero-order valence-corrected chi connectivity index (χ0v) is 16.1.